The highest BCUT2D eigenvalue weighted by Crippen LogP contribution is 2.43. The van der Waals surface area contributed by atoms with Gasteiger partial charge in [-0.25, -0.2) is 0 Å². The van der Waals surface area contributed by atoms with Crippen molar-refractivity contribution in [2.75, 3.05) is 39.6 Å². The molecule has 290 valence electrons. The maximum Gasteiger partial charge on any atom is 0.306 e. The highest BCUT2D eigenvalue weighted by atomic mass is 16.6. The Balaban J connectivity index is 1.91. The van der Waals surface area contributed by atoms with Gasteiger partial charge in [0.1, 0.15) is 24.7 Å². The zero-order valence-electron chi connectivity index (χ0n) is 33.0. The van der Waals surface area contributed by atoms with Crippen molar-refractivity contribution < 1.29 is 38.0 Å². The molecule has 2 unspecified atom stereocenters. The van der Waals surface area contributed by atoms with Gasteiger partial charge in [0.25, 0.3) is 0 Å². The molecule has 8 heteroatoms. The number of aryl methyl sites for hydroxylation is 2. The predicted molar refractivity (Wildman–Crippen MR) is 211 cm³/mol. The molecule has 52 heavy (non-hydrogen) atoms. The Labute approximate surface area is 313 Å². The molecule has 0 N–H and O–H groups in total. The number of fused-ring (bicyclic) bond motifs is 2. The van der Waals surface area contributed by atoms with Crippen LogP contribution in [0.2, 0.25) is 0 Å². The number of carbonyl (C=O) groups is 2. The lowest BCUT2D eigenvalue weighted by atomic mass is 9.97. The standard InChI is InChI=1S/C44H66O8/c1-7-11-15-17-19-41(45)51-35(29-47-25-13-9-3)31-49-43-37-23-21-34(6)28-40(37)44(38-24-22-33(5)27-39(38)43)50-32-36(30-48-26-14-10-4)52-42(46)20-18-16-12-8-2/h21-24,27-28,35-36H,7-20,25-26,29-32H2,1-6H3. The van der Waals surface area contributed by atoms with Crippen molar-refractivity contribution in [3.63, 3.8) is 0 Å². The van der Waals surface area contributed by atoms with Crippen LogP contribution in [-0.2, 0) is 28.5 Å². The van der Waals surface area contributed by atoms with Gasteiger partial charge in [0.2, 0.25) is 0 Å². The molecule has 0 aromatic heterocycles. The molecule has 0 aliphatic heterocycles. The second-order valence-corrected chi connectivity index (χ2v) is 14.1. The number of esters is 2. The van der Waals surface area contributed by atoms with E-state index in [4.69, 9.17) is 28.4 Å². The molecular formula is C44H66O8. The average molecular weight is 723 g/mol. The lowest BCUT2D eigenvalue weighted by Crippen LogP contribution is -2.30. The largest absolute Gasteiger partial charge is 0.488 e. The highest BCUT2D eigenvalue weighted by molar-refractivity contribution is 6.11. The number of rotatable bonds is 28. The average Bonchev–Trinajstić information content (AvgIpc) is 3.13. The van der Waals surface area contributed by atoms with E-state index in [1.807, 2.05) is 0 Å². The van der Waals surface area contributed by atoms with Gasteiger partial charge >= 0.3 is 11.9 Å². The fourth-order valence-corrected chi connectivity index (χ4v) is 6.08. The van der Waals surface area contributed by atoms with E-state index in [-0.39, 0.29) is 38.4 Å². The van der Waals surface area contributed by atoms with E-state index < -0.39 is 12.2 Å². The summed E-state index contributed by atoms with van der Waals surface area (Å²) in [4.78, 5) is 25.7. The topological polar surface area (TPSA) is 89.5 Å². The van der Waals surface area contributed by atoms with Crippen molar-refractivity contribution >= 4 is 33.5 Å². The van der Waals surface area contributed by atoms with Gasteiger partial charge in [-0.1, -0.05) is 114 Å². The molecule has 2 atom stereocenters. The molecule has 0 fully saturated rings. The molecule has 0 saturated carbocycles. The van der Waals surface area contributed by atoms with Gasteiger partial charge < -0.3 is 28.4 Å². The van der Waals surface area contributed by atoms with Crippen molar-refractivity contribution in [2.24, 2.45) is 0 Å². The normalized spacial score (nSPS) is 12.6. The summed E-state index contributed by atoms with van der Waals surface area (Å²) in [5, 5.41) is 3.57. The van der Waals surface area contributed by atoms with Gasteiger partial charge in [0, 0.05) is 47.6 Å². The van der Waals surface area contributed by atoms with Gasteiger partial charge in [0.05, 0.1) is 13.2 Å². The second-order valence-electron chi connectivity index (χ2n) is 14.1. The van der Waals surface area contributed by atoms with Gasteiger partial charge in [-0.2, -0.15) is 0 Å². The third kappa shape index (κ3) is 14.9. The number of benzene rings is 3. The minimum absolute atomic E-state index is 0.157. The molecule has 0 radical (unpaired) electrons. The summed E-state index contributed by atoms with van der Waals surface area (Å²) in [6.07, 6.45) is 11.7. The minimum atomic E-state index is -0.544. The third-order valence-corrected chi connectivity index (χ3v) is 9.11. The minimum Gasteiger partial charge on any atom is -0.488 e. The van der Waals surface area contributed by atoms with Crippen LogP contribution >= 0.6 is 0 Å². The fourth-order valence-electron chi connectivity index (χ4n) is 6.08. The van der Waals surface area contributed by atoms with Crippen LogP contribution in [0.3, 0.4) is 0 Å². The number of hydrogen-bond donors (Lipinski definition) is 0. The van der Waals surface area contributed by atoms with E-state index >= 15 is 0 Å². The Hall–Kier alpha value is -3.36. The Morgan fingerprint density at radius 3 is 1.29 bits per heavy atom. The summed E-state index contributed by atoms with van der Waals surface area (Å²) in [5.41, 5.74) is 2.15. The van der Waals surface area contributed by atoms with E-state index in [9.17, 15) is 9.59 Å². The summed E-state index contributed by atoms with van der Waals surface area (Å²) in [6.45, 7) is 14.7. The molecule has 3 aromatic carbocycles. The highest BCUT2D eigenvalue weighted by Gasteiger charge is 2.23. The van der Waals surface area contributed by atoms with E-state index in [1.54, 1.807) is 0 Å². The van der Waals surface area contributed by atoms with Gasteiger partial charge in [-0.05, 0) is 51.7 Å². The van der Waals surface area contributed by atoms with Crippen LogP contribution < -0.4 is 9.47 Å². The summed E-state index contributed by atoms with van der Waals surface area (Å²) >= 11 is 0. The van der Waals surface area contributed by atoms with Crippen LogP contribution in [-0.4, -0.2) is 63.8 Å². The van der Waals surface area contributed by atoms with E-state index in [0.29, 0.717) is 37.6 Å². The summed E-state index contributed by atoms with van der Waals surface area (Å²) < 4.78 is 37.0. The van der Waals surface area contributed by atoms with Crippen molar-refractivity contribution in [1.82, 2.24) is 0 Å². The van der Waals surface area contributed by atoms with Crippen LogP contribution in [0.1, 0.15) is 129 Å². The van der Waals surface area contributed by atoms with E-state index in [1.165, 1.54) is 0 Å². The van der Waals surface area contributed by atoms with Crippen molar-refractivity contribution in [3.8, 4) is 11.5 Å². The van der Waals surface area contributed by atoms with Crippen molar-refractivity contribution in [2.45, 2.75) is 144 Å². The number of unbranched alkanes of at least 4 members (excludes halogenated alkanes) is 8. The molecule has 0 heterocycles. The molecule has 3 aromatic rings. The number of carbonyl (C=O) groups excluding carboxylic acids is 2. The summed E-state index contributed by atoms with van der Waals surface area (Å²) in [7, 11) is 0. The first kappa shape index (κ1) is 43.0. The molecule has 0 saturated heterocycles. The van der Waals surface area contributed by atoms with Crippen LogP contribution in [0.4, 0.5) is 0 Å². The Morgan fingerprint density at radius 2 is 0.904 bits per heavy atom. The Bertz CT molecular complexity index is 1370. The Morgan fingerprint density at radius 1 is 0.500 bits per heavy atom. The Kier molecular flexibility index (Phi) is 20.5. The first-order valence-corrected chi connectivity index (χ1v) is 20.1. The van der Waals surface area contributed by atoms with Crippen LogP contribution in [0.15, 0.2) is 36.4 Å². The molecule has 0 amide bonds. The lowest BCUT2D eigenvalue weighted by molar-refractivity contribution is -0.155. The van der Waals surface area contributed by atoms with Gasteiger partial charge in [-0.3, -0.25) is 9.59 Å². The SMILES string of the molecule is CCCCCCC(=O)OC(COCCCC)COc1c2ccc(C)cc2c(OCC(COCCCC)OC(=O)CCCCCC)c2ccc(C)cc12. The van der Waals surface area contributed by atoms with Crippen molar-refractivity contribution in [3.05, 3.63) is 47.5 Å². The molecule has 0 spiro atoms. The molecular weight excluding hydrogens is 656 g/mol. The number of ether oxygens (including phenoxy) is 6. The number of hydrogen-bond acceptors (Lipinski definition) is 8. The van der Waals surface area contributed by atoms with E-state index in [2.05, 4.69) is 77.9 Å². The first-order valence-electron chi connectivity index (χ1n) is 20.1. The second kappa shape index (κ2) is 24.8. The maximum atomic E-state index is 12.8. The lowest BCUT2D eigenvalue weighted by Gasteiger charge is -2.23. The quantitative estimate of drug-likeness (QED) is 0.0416. The van der Waals surface area contributed by atoms with E-state index in [0.717, 1.165) is 110 Å². The van der Waals surface area contributed by atoms with Crippen LogP contribution in [0.5, 0.6) is 11.5 Å². The third-order valence-electron chi connectivity index (χ3n) is 9.11. The first-order chi connectivity index (χ1) is 25.3. The maximum absolute atomic E-state index is 12.8. The van der Waals surface area contributed by atoms with Gasteiger partial charge in [0.15, 0.2) is 12.2 Å². The molecule has 3 rings (SSSR count). The van der Waals surface area contributed by atoms with Crippen LogP contribution in [0.25, 0.3) is 21.5 Å². The zero-order chi connectivity index (χ0) is 37.6. The summed E-state index contributed by atoms with van der Waals surface area (Å²) in [5.74, 6) is 0.973. The van der Waals surface area contributed by atoms with Gasteiger partial charge in [-0.15, -0.1) is 0 Å². The zero-order valence-corrected chi connectivity index (χ0v) is 33.0. The molecule has 0 bridgehead atoms. The monoisotopic (exact) mass is 722 g/mol. The fraction of sp³-hybridized carbons (Fsp3) is 0.636. The predicted octanol–water partition coefficient (Wildman–Crippen LogP) is 10.8. The molecule has 8 nitrogen and oxygen atoms in total. The van der Waals surface area contributed by atoms with Crippen LogP contribution in [0, 0.1) is 13.8 Å². The molecule has 0 aliphatic carbocycles. The summed E-state index contributed by atoms with van der Waals surface area (Å²) in [6, 6.07) is 12.4. The molecule has 0 aliphatic rings. The van der Waals surface area contributed by atoms with Crippen molar-refractivity contribution in [1.29, 1.82) is 0 Å². The smallest absolute Gasteiger partial charge is 0.306 e.